The lowest BCUT2D eigenvalue weighted by Gasteiger charge is -2.14. The molecule has 2 aromatic carbocycles. The molecule has 122 valence electrons. The molecule has 2 rings (SSSR count). The summed E-state index contributed by atoms with van der Waals surface area (Å²) in [4.78, 5) is 12.0. The van der Waals surface area contributed by atoms with E-state index >= 15 is 0 Å². The van der Waals surface area contributed by atoms with Crippen molar-refractivity contribution < 1.29 is 13.9 Å². The van der Waals surface area contributed by atoms with Crippen LogP contribution in [0.1, 0.15) is 13.8 Å². The summed E-state index contributed by atoms with van der Waals surface area (Å²) < 4.78 is 19.2. The van der Waals surface area contributed by atoms with Crippen molar-refractivity contribution in [3.8, 4) is 5.75 Å². The predicted molar refractivity (Wildman–Crippen MR) is 90.3 cm³/mol. The molecular formula is C18H21FN2O2. The monoisotopic (exact) mass is 316 g/mol. The molecule has 0 spiro atoms. The Balaban J connectivity index is 1.94. The van der Waals surface area contributed by atoms with Crippen LogP contribution in [-0.4, -0.2) is 19.1 Å². The summed E-state index contributed by atoms with van der Waals surface area (Å²) in [6, 6.07) is 13.5. The van der Waals surface area contributed by atoms with Gasteiger partial charge in [0.1, 0.15) is 11.6 Å². The van der Waals surface area contributed by atoms with E-state index in [0.29, 0.717) is 29.6 Å². The van der Waals surface area contributed by atoms with Gasteiger partial charge in [-0.1, -0.05) is 38.1 Å². The van der Waals surface area contributed by atoms with Crippen LogP contribution in [0.15, 0.2) is 48.5 Å². The van der Waals surface area contributed by atoms with Crippen molar-refractivity contribution in [3.05, 3.63) is 54.3 Å². The fourth-order valence-electron chi connectivity index (χ4n) is 1.93. The second-order valence-corrected chi connectivity index (χ2v) is 5.58. The van der Waals surface area contributed by atoms with Crippen LogP contribution in [0.2, 0.25) is 0 Å². The van der Waals surface area contributed by atoms with Crippen LogP contribution in [0.3, 0.4) is 0 Å². The summed E-state index contributed by atoms with van der Waals surface area (Å²) in [7, 11) is 0. The van der Waals surface area contributed by atoms with Crippen LogP contribution in [0.25, 0.3) is 0 Å². The molecule has 0 saturated carbocycles. The smallest absolute Gasteiger partial charge is 0.243 e. The topological polar surface area (TPSA) is 50.4 Å². The molecule has 0 unspecified atom stereocenters. The van der Waals surface area contributed by atoms with Gasteiger partial charge in [-0.2, -0.15) is 0 Å². The number of carbonyl (C=O) groups excluding carboxylic acids is 1. The van der Waals surface area contributed by atoms with Crippen molar-refractivity contribution in [3.63, 3.8) is 0 Å². The molecule has 0 saturated heterocycles. The molecule has 0 atom stereocenters. The first kappa shape index (κ1) is 16.8. The lowest BCUT2D eigenvalue weighted by Crippen LogP contribution is -2.22. The minimum Gasteiger partial charge on any atom is -0.491 e. The Bertz CT molecular complexity index is 659. The van der Waals surface area contributed by atoms with Crippen LogP contribution in [0.4, 0.5) is 15.8 Å². The molecule has 0 aliphatic carbocycles. The first-order chi connectivity index (χ1) is 11.1. The number of ether oxygens (including phenoxy) is 1. The van der Waals surface area contributed by atoms with Gasteiger partial charge in [-0.05, 0) is 30.2 Å². The fraction of sp³-hybridized carbons (Fsp3) is 0.278. The molecule has 0 aliphatic heterocycles. The Morgan fingerprint density at radius 3 is 2.43 bits per heavy atom. The Hall–Kier alpha value is -2.56. The number of amides is 1. The molecule has 0 fully saturated rings. The van der Waals surface area contributed by atoms with Gasteiger partial charge >= 0.3 is 0 Å². The summed E-state index contributed by atoms with van der Waals surface area (Å²) in [5, 5.41) is 5.55. The third kappa shape index (κ3) is 5.29. The van der Waals surface area contributed by atoms with Gasteiger partial charge in [0.05, 0.1) is 24.5 Å². The van der Waals surface area contributed by atoms with Gasteiger partial charge in [-0.15, -0.1) is 0 Å². The highest BCUT2D eigenvalue weighted by atomic mass is 19.1. The molecule has 1 amide bonds. The number of hydrogen-bond donors (Lipinski definition) is 2. The highest BCUT2D eigenvalue weighted by molar-refractivity contribution is 5.95. The van der Waals surface area contributed by atoms with Gasteiger partial charge in [-0.25, -0.2) is 4.39 Å². The van der Waals surface area contributed by atoms with Crippen LogP contribution < -0.4 is 15.4 Å². The van der Waals surface area contributed by atoms with Gasteiger partial charge in [0.25, 0.3) is 0 Å². The van der Waals surface area contributed by atoms with Crippen molar-refractivity contribution in [2.75, 3.05) is 23.8 Å². The standard InChI is InChI=1S/C18H21FN2O2/c1-13(2)12-23-17-10-6-5-9-16(17)21-18(22)11-20-15-8-4-3-7-14(15)19/h3-10,13,20H,11-12H2,1-2H3,(H,21,22). The van der Waals surface area contributed by atoms with E-state index in [4.69, 9.17) is 4.74 Å². The van der Waals surface area contributed by atoms with E-state index in [1.54, 1.807) is 24.3 Å². The number of benzene rings is 2. The molecule has 4 nitrogen and oxygen atoms in total. The zero-order valence-electron chi connectivity index (χ0n) is 13.3. The minimum absolute atomic E-state index is 0.0283. The third-order valence-corrected chi connectivity index (χ3v) is 3.05. The second kappa shape index (κ2) is 8.17. The SMILES string of the molecule is CC(C)COc1ccccc1NC(=O)CNc1ccccc1F. The Kier molecular flexibility index (Phi) is 5.97. The maximum Gasteiger partial charge on any atom is 0.243 e. The molecule has 0 radical (unpaired) electrons. The number of rotatable bonds is 7. The van der Waals surface area contributed by atoms with E-state index in [1.807, 2.05) is 18.2 Å². The normalized spacial score (nSPS) is 10.4. The minimum atomic E-state index is -0.388. The molecule has 0 bridgehead atoms. The van der Waals surface area contributed by atoms with E-state index in [-0.39, 0.29) is 18.3 Å². The van der Waals surface area contributed by atoms with Crippen molar-refractivity contribution in [2.45, 2.75) is 13.8 Å². The predicted octanol–water partition coefficient (Wildman–Crippen LogP) is 3.91. The number of hydrogen-bond acceptors (Lipinski definition) is 3. The van der Waals surface area contributed by atoms with Crippen LogP contribution in [0, 0.1) is 11.7 Å². The zero-order chi connectivity index (χ0) is 16.7. The van der Waals surface area contributed by atoms with Gasteiger partial charge in [0, 0.05) is 0 Å². The summed E-state index contributed by atoms with van der Waals surface area (Å²) in [6.07, 6.45) is 0. The third-order valence-electron chi connectivity index (χ3n) is 3.05. The summed E-state index contributed by atoms with van der Waals surface area (Å²) in [5.41, 5.74) is 0.903. The Labute approximate surface area is 135 Å². The van der Waals surface area contributed by atoms with Gasteiger partial charge < -0.3 is 15.4 Å². The van der Waals surface area contributed by atoms with Crippen molar-refractivity contribution in [2.24, 2.45) is 5.92 Å². The first-order valence-corrected chi connectivity index (χ1v) is 7.56. The maximum absolute atomic E-state index is 13.5. The number of para-hydroxylation sites is 3. The number of carbonyl (C=O) groups is 1. The average molecular weight is 316 g/mol. The lowest BCUT2D eigenvalue weighted by molar-refractivity contribution is -0.114. The molecular weight excluding hydrogens is 295 g/mol. The number of nitrogens with one attached hydrogen (secondary N) is 2. The lowest BCUT2D eigenvalue weighted by atomic mass is 10.2. The fourth-order valence-corrected chi connectivity index (χ4v) is 1.93. The van der Waals surface area contributed by atoms with E-state index in [0.717, 1.165) is 0 Å². The highest BCUT2D eigenvalue weighted by Crippen LogP contribution is 2.24. The summed E-state index contributed by atoms with van der Waals surface area (Å²) >= 11 is 0. The number of anilines is 2. The second-order valence-electron chi connectivity index (χ2n) is 5.58. The Morgan fingerprint density at radius 1 is 1.09 bits per heavy atom. The summed E-state index contributed by atoms with van der Waals surface area (Å²) in [5.74, 6) is 0.358. The van der Waals surface area contributed by atoms with Crippen molar-refractivity contribution >= 4 is 17.3 Å². The molecule has 0 aromatic heterocycles. The van der Waals surface area contributed by atoms with Crippen LogP contribution >= 0.6 is 0 Å². The van der Waals surface area contributed by atoms with Gasteiger partial charge in [0.15, 0.2) is 0 Å². The molecule has 23 heavy (non-hydrogen) atoms. The molecule has 2 N–H and O–H groups in total. The zero-order valence-corrected chi connectivity index (χ0v) is 13.3. The summed E-state index contributed by atoms with van der Waals surface area (Å²) in [6.45, 7) is 4.65. The van der Waals surface area contributed by atoms with E-state index in [9.17, 15) is 9.18 Å². The van der Waals surface area contributed by atoms with Crippen LogP contribution in [0.5, 0.6) is 5.75 Å². The molecule has 0 heterocycles. The number of halogens is 1. The van der Waals surface area contributed by atoms with Crippen molar-refractivity contribution in [1.82, 2.24) is 0 Å². The van der Waals surface area contributed by atoms with Gasteiger partial charge in [0.2, 0.25) is 5.91 Å². The van der Waals surface area contributed by atoms with E-state index in [2.05, 4.69) is 24.5 Å². The maximum atomic E-state index is 13.5. The van der Waals surface area contributed by atoms with Gasteiger partial charge in [-0.3, -0.25) is 4.79 Å². The molecule has 2 aromatic rings. The van der Waals surface area contributed by atoms with E-state index in [1.165, 1.54) is 6.07 Å². The quantitative estimate of drug-likeness (QED) is 0.814. The highest BCUT2D eigenvalue weighted by Gasteiger charge is 2.09. The molecule has 5 heteroatoms. The largest absolute Gasteiger partial charge is 0.491 e. The van der Waals surface area contributed by atoms with Crippen LogP contribution in [-0.2, 0) is 4.79 Å². The Morgan fingerprint density at radius 2 is 1.74 bits per heavy atom. The van der Waals surface area contributed by atoms with Crippen molar-refractivity contribution in [1.29, 1.82) is 0 Å². The van der Waals surface area contributed by atoms with E-state index < -0.39 is 0 Å². The molecule has 0 aliphatic rings. The first-order valence-electron chi connectivity index (χ1n) is 7.56. The average Bonchev–Trinajstić information content (AvgIpc) is 2.53.